The number of hydrogen-bond acceptors (Lipinski definition) is 4. The van der Waals surface area contributed by atoms with Crippen molar-refractivity contribution in [2.45, 2.75) is 11.4 Å². The molecule has 0 saturated carbocycles. The topological polar surface area (TPSA) is 45.6 Å². The zero-order valence-corrected chi connectivity index (χ0v) is 22.6. The number of fused-ring (bicyclic) bond motifs is 1. The van der Waals surface area contributed by atoms with Crippen LogP contribution in [0.1, 0.15) is 5.56 Å². The van der Waals surface area contributed by atoms with Crippen LogP contribution in [0.5, 0.6) is 0 Å². The van der Waals surface area contributed by atoms with Gasteiger partial charge in [-0.1, -0.05) is 72.8 Å². The van der Waals surface area contributed by atoms with Gasteiger partial charge in [-0.2, -0.15) is 0 Å². The van der Waals surface area contributed by atoms with Gasteiger partial charge in [0, 0.05) is 50.0 Å². The molecule has 4 aromatic carbocycles. The maximum absolute atomic E-state index is 13.5. The molecule has 0 unspecified atom stereocenters. The maximum atomic E-state index is 13.5. The standard InChI is InChI=1S/C31H29N3O2S.ClH/c35-37(36,30-14-11-27(12-15-30)26-9-5-2-6-10-26)34-18-17-28-23-29(13-16-31(28)34)33-21-19-32(20-22-33)24-25-7-3-1-4-8-25;/h1-18,23H,19-22,24H2;1H. The summed E-state index contributed by atoms with van der Waals surface area (Å²) in [6, 6.07) is 35.6. The Morgan fingerprint density at radius 2 is 1.29 bits per heavy atom. The minimum Gasteiger partial charge on any atom is -0.369 e. The zero-order valence-electron chi connectivity index (χ0n) is 21.0. The van der Waals surface area contributed by atoms with E-state index >= 15 is 0 Å². The molecule has 1 aromatic heterocycles. The predicted molar refractivity (Wildman–Crippen MR) is 158 cm³/mol. The fraction of sp³-hybridized carbons (Fsp3) is 0.161. The molecule has 0 spiro atoms. The van der Waals surface area contributed by atoms with Crippen LogP contribution in [-0.4, -0.2) is 43.5 Å². The van der Waals surface area contributed by atoms with E-state index in [1.807, 2.05) is 60.7 Å². The first-order chi connectivity index (χ1) is 18.1. The number of hydrogen-bond donors (Lipinski definition) is 0. The Kier molecular flexibility index (Phi) is 7.56. The van der Waals surface area contributed by atoms with E-state index in [1.54, 1.807) is 18.3 Å². The van der Waals surface area contributed by atoms with Crippen LogP contribution < -0.4 is 4.90 Å². The Morgan fingerprint density at radius 3 is 1.97 bits per heavy atom. The number of aromatic nitrogens is 1. The van der Waals surface area contributed by atoms with Gasteiger partial charge >= 0.3 is 0 Å². The minimum absolute atomic E-state index is 0. The minimum atomic E-state index is -3.70. The second kappa shape index (κ2) is 11.0. The van der Waals surface area contributed by atoms with E-state index in [-0.39, 0.29) is 17.3 Å². The fourth-order valence-electron chi connectivity index (χ4n) is 5.08. The summed E-state index contributed by atoms with van der Waals surface area (Å²) in [5, 5.41) is 0.925. The van der Waals surface area contributed by atoms with Gasteiger partial charge in [-0.05, 0) is 53.1 Å². The summed E-state index contributed by atoms with van der Waals surface area (Å²) in [6.07, 6.45) is 1.66. The Morgan fingerprint density at radius 1 is 0.658 bits per heavy atom. The van der Waals surface area contributed by atoms with E-state index in [0.717, 1.165) is 54.9 Å². The van der Waals surface area contributed by atoms with E-state index in [9.17, 15) is 8.42 Å². The third-order valence-electron chi connectivity index (χ3n) is 7.14. The highest BCUT2D eigenvalue weighted by atomic mass is 35.5. The molecule has 0 bridgehead atoms. The predicted octanol–water partition coefficient (Wildman–Crippen LogP) is 6.29. The van der Waals surface area contributed by atoms with E-state index in [1.165, 1.54) is 9.54 Å². The second-order valence-corrected chi connectivity index (χ2v) is 11.3. The van der Waals surface area contributed by atoms with Crippen LogP contribution in [0.2, 0.25) is 0 Å². The summed E-state index contributed by atoms with van der Waals surface area (Å²) in [7, 11) is -3.70. The normalized spacial score (nSPS) is 14.4. The number of benzene rings is 4. The summed E-state index contributed by atoms with van der Waals surface area (Å²) in [5.41, 5.74) is 5.22. The molecule has 1 fully saturated rings. The molecule has 0 amide bonds. The molecular formula is C31H30ClN3O2S. The van der Waals surface area contributed by atoms with Crippen LogP contribution in [0.3, 0.4) is 0 Å². The average molecular weight is 544 g/mol. The summed E-state index contributed by atoms with van der Waals surface area (Å²) in [5.74, 6) is 0. The largest absolute Gasteiger partial charge is 0.369 e. The van der Waals surface area contributed by atoms with E-state index < -0.39 is 10.0 Å². The van der Waals surface area contributed by atoms with E-state index in [0.29, 0.717) is 5.52 Å². The SMILES string of the molecule is Cl.O=S(=O)(c1ccc(-c2ccccc2)cc1)n1ccc2cc(N3CCN(Cc4ccccc4)CC3)ccc21. The number of piperazine rings is 1. The Bertz CT molecular complexity index is 1610. The van der Waals surface area contributed by atoms with Gasteiger partial charge in [-0.15, -0.1) is 12.4 Å². The van der Waals surface area contributed by atoms with Crippen molar-refractivity contribution in [1.29, 1.82) is 0 Å². The fourth-order valence-corrected chi connectivity index (χ4v) is 6.43. The molecule has 2 heterocycles. The summed E-state index contributed by atoms with van der Waals surface area (Å²) < 4.78 is 28.3. The third kappa shape index (κ3) is 5.20. The van der Waals surface area contributed by atoms with Crippen molar-refractivity contribution < 1.29 is 8.42 Å². The van der Waals surface area contributed by atoms with E-state index in [4.69, 9.17) is 0 Å². The Hall–Kier alpha value is -3.58. The van der Waals surface area contributed by atoms with Gasteiger partial charge in [0.2, 0.25) is 0 Å². The first-order valence-corrected chi connectivity index (χ1v) is 14.1. The quantitative estimate of drug-likeness (QED) is 0.252. The van der Waals surface area contributed by atoms with Crippen LogP contribution in [0.15, 0.2) is 120 Å². The van der Waals surface area contributed by atoms with Crippen molar-refractivity contribution in [1.82, 2.24) is 8.87 Å². The average Bonchev–Trinajstić information content (AvgIpc) is 3.39. The maximum Gasteiger partial charge on any atom is 0.268 e. The lowest BCUT2D eigenvalue weighted by Crippen LogP contribution is -2.45. The molecule has 0 aliphatic carbocycles. The van der Waals surface area contributed by atoms with Crippen LogP contribution >= 0.6 is 12.4 Å². The first kappa shape index (κ1) is 26.0. The van der Waals surface area contributed by atoms with Gasteiger partial charge in [-0.3, -0.25) is 4.90 Å². The monoisotopic (exact) mass is 543 g/mol. The van der Waals surface area contributed by atoms with Crippen LogP contribution in [0.4, 0.5) is 5.69 Å². The molecule has 7 heteroatoms. The zero-order chi connectivity index (χ0) is 25.2. The van der Waals surface area contributed by atoms with E-state index in [2.05, 4.69) is 46.2 Å². The molecule has 1 saturated heterocycles. The van der Waals surface area contributed by atoms with Crippen molar-refractivity contribution in [2.24, 2.45) is 0 Å². The van der Waals surface area contributed by atoms with Gasteiger partial charge in [-0.25, -0.2) is 12.4 Å². The molecule has 5 nitrogen and oxygen atoms in total. The van der Waals surface area contributed by atoms with Crippen LogP contribution in [-0.2, 0) is 16.6 Å². The molecule has 5 aromatic rings. The smallest absolute Gasteiger partial charge is 0.268 e. The highest BCUT2D eigenvalue weighted by Crippen LogP contribution is 2.28. The van der Waals surface area contributed by atoms with Gasteiger partial charge in [0.05, 0.1) is 10.4 Å². The summed E-state index contributed by atoms with van der Waals surface area (Å²) in [6.45, 7) is 4.87. The lowest BCUT2D eigenvalue weighted by atomic mass is 10.1. The number of halogens is 1. The molecule has 1 aliphatic heterocycles. The Labute approximate surface area is 230 Å². The molecule has 0 N–H and O–H groups in total. The van der Waals surface area contributed by atoms with Crippen molar-refractivity contribution in [3.05, 3.63) is 121 Å². The molecule has 194 valence electrons. The molecule has 0 atom stereocenters. The first-order valence-electron chi connectivity index (χ1n) is 12.6. The van der Waals surface area contributed by atoms with Gasteiger partial charge in [0.25, 0.3) is 10.0 Å². The van der Waals surface area contributed by atoms with Crippen LogP contribution in [0, 0.1) is 0 Å². The highest BCUT2D eigenvalue weighted by Gasteiger charge is 2.21. The Balaban J connectivity index is 0.00000294. The summed E-state index contributed by atoms with van der Waals surface area (Å²) >= 11 is 0. The third-order valence-corrected chi connectivity index (χ3v) is 8.85. The van der Waals surface area contributed by atoms with Gasteiger partial charge in [0.15, 0.2) is 0 Å². The molecule has 38 heavy (non-hydrogen) atoms. The highest BCUT2D eigenvalue weighted by molar-refractivity contribution is 7.90. The summed E-state index contributed by atoms with van der Waals surface area (Å²) in [4.78, 5) is 5.15. The van der Waals surface area contributed by atoms with Gasteiger partial charge in [0.1, 0.15) is 0 Å². The lowest BCUT2D eigenvalue weighted by Gasteiger charge is -2.36. The molecular weight excluding hydrogens is 514 g/mol. The van der Waals surface area contributed by atoms with Crippen molar-refractivity contribution in [3.8, 4) is 11.1 Å². The number of nitrogens with zero attached hydrogens (tertiary/aromatic N) is 3. The van der Waals surface area contributed by atoms with Crippen molar-refractivity contribution in [2.75, 3.05) is 31.1 Å². The van der Waals surface area contributed by atoms with Crippen LogP contribution in [0.25, 0.3) is 22.0 Å². The molecule has 1 aliphatic rings. The molecule has 6 rings (SSSR count). The van der Waals surface area contributed by atoms with Crippen molar-refractivity contribution in [3.63, 3.8) is 0 Å². The lowest BCUT2D eigenvalue weighted by molar-refractivity contribution is 0.250. The number of rotatable bonds is 6. The molecule has 0 radical (unpaired) electrons. The second-order valence-electron chi connectivity index (χ2n) is 9.50. The van der Waals surface area contributed by atoms with Crippen molar-refractivity contribution >= 4 is 39.0 Å². The number of anilines is 1. The van der Waals surface area contributed by atoms with Gasteiger partial charge < -0.3 is 4.90 Å².